The molecule has 0 N–H and O–H groups in total. The molecule has 0 spiro atoms. The van der Waals surface area contributed by atoms with Crippen LogP contribution in [-0.4, -0.2) is 43.9 Å². The van der Waals surface area contributed by atoms with Crippen molar-refractivity contribution >= 4 is 33.8 Å². The fourth-order valence-corrected chi connectivity index (χ4v) is 6.91. The van der Waals surface area contributed by atoms with Crippen molar-refractivity contribution in [2.45, 2.75) is 52.4 Å². The van der Waals surface area contributed by atoms with Crippen LogP contribution < -0.4 is 4.90 Å². The topological polar surface area (TPSA) is 83.7 Å². The van der Waals surface area contributed by atoms with Crippen LogP contribution in [0.25, 0.3) is 12.2 Å². The first-order valence-electron chi connectivity index (χ1n) is 12.6. The number of sulfonamides is 1. The van der Waals surface area contributed by atoms with Crippen molar-refractivity contribution in [1.82, 2.24) is 9.46 Å². The van der Waals surface area contributed by atoms with E-state index in [9.17, 15) is 13.2 Å². The molecule has 0 radical (unpaired) electrons. The minimum Gasteiger partial charge on any atom is -0.355 e. The number of aromatic nitrogens is 1. The van der Waals surface area contributed by atoms with Gasteiger partial charge in [-0.1, -0.05) is 41.1 Å². The van der Waals surface area contributed by atoms with Gasteiger partial charge in [0.25, 0.3) is 0 Å². The number of carbonyl (C=O) groups excluding carboxylic acids is 1. The molecule has 2 aromatic carbocycles. The van der Waals surface area contributed by atoms with Gasteiger partial charge in [-0.3, -0.25) is 4.79 Å². The first kappa shape index (κ1) is 26.8. The number of piperidine rings is 1. The van der Waals surface area contributed by atoms with Crippen LogP contribution in [-0.2, 0) is 14.8 Å². The van der Waals surface area contributed by atoms with Crippen molar-refractivity contribution in [3.8, 4) is 0 Å². The molecule has 7 nitrogen and oxygen atoms in total. The van der Waals surface area contributed by atoms with Gasteiger partial charge in [0.05, 0.1) is 5.92 Å². The van der Waals surface area contributed by atoms with Crippen molar-refractivity contribution in [2.75, 3.05) is 25.0 Å². The van der Waals surface area contributed by atoms with Crippen LogP contribution in [0.1, 0.15) is 52.1 Å². The normalized spacial score (nSPS) is 16.9. The molecule has 1 saturated heterocycles. The number of amides is 1. The maximum absolute atomic E-state index is 13.8. The lowest BCUT2D eigenvalue weighted by atomic mass is 9.98. The largest absolute Gasteiger partial charge is 0.355 e. The maximum atomic E-state index is 13.8. The van der Waals surface area contributed by atoms with Gasteiger partial charge in [-0.2, -0.15) is 4.31 Å². The molecule has 1 unspecified atom stereocenters. The summed E-state index contributed by atoms with van der Waals surface area (Å²) in [5, 5.41) is 3.97. The molecule has 8 heteroatoms. The Morgan fingerprint density at radius 2 is 1.76 bits per heavy atom. The minimum absolute atomic E-state index is 0.0614. The lowest BCUT2D eigenvalue weighted by molar-refractivity contribution is -0.123. The molecule has 1 amide bonds. The fraction of sp³-hybridized carbons (Fsp3) is 0.379. The van der Waals surface area contributed by atoms with E-state index in [-0.39, 0.29) is 23.1 Å². The number of hydrogen-bond donors (Lipinski definition) is 0. The van der Waals surface area contributed by atoms with Crippen LogP contribution >= 0.6 is 0 Å². The Morgan fingerprint density at radius 1 is 1.05 bits per heavy atom. The average Bonchev–Trinajstić information content (AvgIpc) is 3.23. The zero-order valence-electron chi connectivity index (χ0n) is 22.4. The van der Waals surface area contributed by atoms with E-state index in [4.69, 9.17) is 4.52 Å². The predicted octanol–water partition coefficient (Wildman–Crippen LogP) is 5.45. The van der Waals surface area contributed by atoms with Gasteiger partial charge in [0.15, 0.2) is 10.7 Å². The van der Waals surface area contributed by atoms with Gasteiger partial charge in [-0.05, 0) is 87.9 Å². The Kier molecular flexibility index (Phi) is 7.71. The monoisotopic (exact) mass is 521 g/mol. The van der Waals surface area contributed by atoms with Crippen LogP contribution in [0.3, 0.4) is 0 Å². The van der Waals surface area contributed by atoms with E-state index < -0.39 is 15.9 Å². The third kappa shape index (κ3) is 5.55. The number of nitrogens with zero attached hydrogens (tertiary/aromatic N) is 3. The second-order valence-corrected chi connectivity index (χ2v) is 11.9. The molecule has 2 heterocycles. The number of benzene rings is 2. The highest BCUT2D eigenvalue weighted by Gasteiger charge is 2.37. The van der Waals surface area contributed by atoms with Crippen LogP contribution in [0.15, 0.2) is 45.8 Å². The predicted molar refractivity (Wildman–Crippen MR) is 147 cm³/mol. The molecule has 1 aromatic heterocycles. The molecular formula is C29H35N3O4S. The fourth-order valence-electron chi connectivity index (χ4n) is 5.14. The first-order chi connectivity index (χ1) is 17.5. The summed E-state index contributed by atoms with van der Waals surface area (Å²) < 4.78 is 34.5. The Bertz CT molecular complexity index is 1430. The second kappa shape index (κ2) is 10.6. The smallest absolute Gasteiger partial charge is 0.248 e. The van der Waals surface area contributed by atoms with Crippen LogP contribution in [0, 0.1) is 40.5 Å². The van der Waals surface area contributed by atoms with Gasteiger partial charge in [-0.25, -0.2) is 8.42 Å². The van der Waals surface area contributed by atoms with Crippen LogP contribution in [0.2, 0.25) is 0 Å². The Morgan fingerprint density at radius 3 is 2.43 bits per heavy atom. The highest BCUT2D eigenvalue weighted by Crippen LogP contribution is 2.31. The highest BCUT2D eigenvalue weighted by atomic mass is 32.2. The number of rotatable bonds is 6. The van der Waals surface area contributed by atoms with Crippen molar-refractivity contribution in [1.29, 1.82) is 0 Å². The molecule has 1 aliphatic heterocycles. The molecule has 0 aliphatic carbocycles. The van der Waals surface area contributed by atoms with Crippen LogP contribution in [0.5, 0.6) is 0 Å². The summed E-state index contributed by atoms with van der Waals surface area (Å²) in [6.07, 6.45) is 4.80. The Hall–Kier alpha value is -3.23. The minimum atomic E-state index is -3.92. The highest BCUT2D eigenvalue weighted by molar-refractivity contribution is 7.89. The van der Waals surface area contributed by atoms with E-state index in [1.807, 2.05) is 58.0 Å². The van der Waals surface area contributed by atoms with Gasteiger partial charge < -0.3 is 9.42 Å². The van der Waals surface area contributed by atoms with Gasteiger partial charge in [0.1, 0.15) is 5.69 Å². The molecule has 3 aromatic rings. The number of anilines is 1. The van der Waals surface area contributed by atoms with Crippen molar-refractivity contribution < 1.29 is 17.7 Å². The Balaban J connectivity index is 1.59. The van der Waals surface area contributed by atoms with E-state index in [0.717, 1.165) is 27.9 Å². The summed E-state index contributed by atoms with van der Waals surface area (Å²) >= 11 is 0. The van der Waals surface area contributed by atoms with Gasteiger partial charge >= 0.3 is 0 Å². The standard InChI is InChI=1S/C29H35N3O4S/c1-19-9-7-11-25(17-19)31(6)29(33)24-10-8-14-32(18-24)37(34,35)28-23(5)30-36-27(28)13-12-26-21(3)15-20(2)16-22(26)4/h7,9,11-13,15-17,24H,8,10,14,18H2,1-6H3/b13-12+. The van der Waals surface area contributed by atoms with E-state index >= 15 is 0 Å². The van der Waals surface area contributed by atoms with Crippen molar-refractivity contribution in [2.24, 2.45) is 5.92 Å². The SMILES string of the molecule is Cc1cccc(N(C)C(=O)C2CCCN(S(=O)(=O)c3c(C)noc3/C=C/c3c(C)cc(C)cc3C)C2)c1. The van der Waals surface area contributed by atoms with E-state index in [1.165, 1.54) is 9.87 Å². The number of hydrogen-bond acceptors (Lipinski definition) is 5. The molecule has 4 rings (SSSR count). The lowest BCUT2D eigenvalue weighted by Gasteiger charge is -2.33. The van der Waals surface area contributed by atoms with Gasteiger partial charge in [-0.15, -0.1) is 0 Å². The summed E-state index contributed by atoms with van der Waals surface area (Å²) in [6.45, 7) is 10.2. The zero-order chi connectivity index (χ0) is 26.9. The molecule has 0 saturated carbocycles. The maximum Gasteiger partial charge on any atom is 0.248 e. The van der Waals surface area contributed by atoms with Crippen LogP contribution in [0.4, 0.5) is 5.69 Å². The molecule has 1 atom stereocenters. The summed E-state index contributed by atoms with van der Waals surface area (Å²) in [7, 11) is -2.18. The quantitative estimate of drug-likeness (QED) is 0.431. The summed E-state index contributed by atoms with van der Waals surface area (Å²) in [6, 6.07) is 11.9. The average molecular weight is 522 g/mol. The number of aryl methyl sites for hydroxylation is 5. The molecular weight excluding hydrogens is 486 g/mol. The van der Waals surface area contributed by atoms with E-state index in [1.54, 1.807) is 24.9 Å². The third-order valence-electron chi connectivity index (χ3n) is 7.02. The molecule has 1 aliphatic rings. The summed E-state index contributed by atoms with van der Waals surface area (Å²) in [5.74, 6) is -0.314. The summed E-state index contributed by atoms with van der Waals surface area (Å²) in [4.78, 5) is 15.0. The van der Waals surface area contributed by atoms with Gasteiger partial charge in [0.2, 0.25) is 15.9 Å². The molecule has 1 fully saturated rings. The second-order valence-electron chi connectivity index (χ2n) is 10.0. The molecule has 196 valence electrons. The third-order valence-corrected chi connectivity index (χ3v) is 9.05. The summed E-state index contributed by atoms with van der Waals surface area (Å²) in [5.41, 5.74) is 6.56. The Labute approximate surface area is 219 Å². The molecule has 0 bridgehead atoms. The van der Waals surface area contributed by atoms with Crippen molar-refractivity contribution in [3.63, 3.8) is 0 Å². The van der Waals surface area contributed by atoms with E-state index in [0.29, 0.717) is 25.1 Å². The zero-order valence-corrected chi connectivity index (χ0v) is 23.2. The van der Waals surface area contributed by atoms with Gasteiger partial charge in [0, 0.05) is 25.8 Å². The number of carbonyl (C=O) groups is 1. The van der Waals surface area contributed by atoms with E-state index in [2.05, 4.69) is 17.3 Å². The first-order valence-corrected chi connectivity index (χ1v) is 14.0. The lowest BCUT2D eigenvalue weighted by Crippen LogP contribution is -2.46. The van der Waals surface area contributed by atoms with Crippen molar-refractivity contribution in [3.05, 3.63) is 75.7 Å². The molecule has 37 heavy (non-hydrogen) atoms.